The van der Waals surface area contributed by atoms with Gasteiger partial charge in [-0.25, -0.2) is 9.78 Å². The van der Waals surface area contributed by atoms with Gasteiger partial charge in [0.15, 0.2) is 6.04 Å². The minimum absolute atomic E-state index is 0.332. The highest BCUT2D eigenvalue weighted by molar-refractivity contribution is 5.96. The number of carbonyl (C=O) groups is 2. The Morgan fingerprint density at radius 3 is 2.40 bits per heavy atom. The Morgan fingerprint density at radius 2 is 1.88 bits per heavy atom. The summed E-state index contributed by atoms with van der Waals surface area (Å²) in [5, 5.41) is 11.9. The normalized spacial score (nSPS) is 11.6. The number of carboxylic acid groups (broad SMARTS) is 1. The van der Waals surface area contributed by atoms with Crippen molar-refractivity contribution in [3.8, 4) is 0 Å². The zero-order valence-corrected chi connectivity index (χ0v) is 14.5. The summed E-state index contributed by atoms with van der Waals surface area (Å²) in [5.74, 6) is -0.767. The van der Waals surface area contributed by atoms with E-state index in [1.807, 2.05) is 0 Å². The van der Waals surface area contributed by atoms with Crippen LogP contribution >= 0.6 is 0 Å². The number of rotatable bonds is 8. The van der Waals surface area contributed by atoms with Gasteiger partial charge in [0.05, 0.1) is 5.56 Å². The summed E-state index contributed by atoms with van der Waals surface area (Å²) in [5.41, 5.74) is 0.853. The van der Waals surface area contributed by atoms with Gasteiger partial charge in [0, 0.05) is 19.3 Å². The highest BCUT2D eigenvalue weighted by Gasteiger charge is 2.22. The van der Waals surface area contributed by atoms with Crippen LogP contribution in [0.1, 0.15) is 42.2 Å². The van der Waals surface area contributed by atoms with Crippen LogP contribution in [0.15, 0.2) is 48.7 Å². The first-order valence-corrected chi connectivity index (χ1v) is 8.36. The minimum atomic E-state index is -1.11. The number of amides is 1. The number of benzene rings is 1. The monoisotopic (exact) mass is 341 g/mol. The van der Waals surface area contributed by atoms with E-state index in [0.29, 0.717) is 11.1 Å². The van der Waals surface area contributed by atoms with Crippen LogP contribution in [0.5, 0.6) is 0 Å². The first kappa shape index (κ1) is 18.4. The Kier molecular flexibility index (Phi) is 6.51. The van der Waals surface area contributed by atoms with E-state index in [1.54, 1.807) is 42.5 Å². The molecule has 0 aliphatic rings. The second kappa shape index (κ2) is 8.82. The average Bonchev–Trinajstić information content (AvgIpc) is 2.64. The molecule has 0 spiro atoms. The molecular weight excluding hydrogens is 318 g/mol. The second-order valence-electron chi connectivity index (χ2n) is 5.64. The number of aliphatic carboxylic acids is 1. The summed E-state index contributed by atoms with van der Waals surface area (Å²) in [6.45, 7) is 5.88. The Hall–Kier alpha value is -2.89. The highest BCUT2D eigenvalue weighted by Crippen LogP contribution is 2.15. The van der Waals surface area contributed by atoms with Crippen LogP contribution in [0.3, 0.4) is 0 Å². The smallest absolute Gasteiger partial charge is 0.330 e. The predicted molar refractivity (Wildman–Crippen MR) is 96.7 cm³/mol. The zero-order chi connectivity index (χ0) is 18.2. The fourth-order valence-corrected chi connectivity index (χ4v) is 2.56. The van der Waals surface area contributed by atoms with Crippen LogP contribution in [0, 0.1) is 0 Å². The maximum atomic E-state index is 12.4. The molecule has 6 heteroatoms. The van der Waals surface area contributed by atoms with Crippen molar-refractivity contribution >= 4 is 17.7 Å². The lowest BCUT2D eigenvalue weighted by molar-refractivity contribution is -0.139. The first-order valence-electron chi connectivity index (χ1n) is 8.36. The van der Waals surface area contributed by atoms with E-state index in [4.69, 9.17) is 0 Å². The molecule has 0 radical (unpaired) electrons. The van der Waals surface area contributed by atoms with E-state index in [1.165, 1.54) is 6.20 Å². The van der Waals surface area contributed by atoms with Crippen molar-refractivity contribution in [1.82, 2.24) is 10.3 Å². The molecule has 1 amide bonds. The van der Waals surface area contributed by atoms with Gasteiger partial charge in [-0.1, -0.05) is 37.3 Å². The van der Waals surface area contributed by atoms with E-state index in [9.17, 15) is 14.7 Å². The van der Waals surface area contributed by atoms with Gasteiger partial charge in [-0.05, 0) is 31.0 Å². The average molecular weight is 341 g/mol. The zero-order valence-electron chi connectivity index (χ0n) is 14.5. The van der Waals surface area contributed by atoms with E-state index in [0.717, 1.165) is 25.3 Å². The molecule has 1 aromatic carbocycles. The molecule has 2 N–H and O–H groups in total. The molecule has 2 rings (SSSR count). The highest BCUT2D eigenvalue weighted by atomic mass is 16.4. The molecule has 6 nitrogen and oxygen atoms in total. The molecule has 0 unspecified atom stereocenters. The fourth-order valence-electron chi connectivity index (χ4n) is 2.56. The van der Waals surface area contributed by atoms with Crippen molar-refractivity contribution in [2.75, 3.05) is 18.0 Å². The molecule has 132 valence electrons. The lowest BCUT2D eigenvalue weighted by Crippen LogP contribution is -2.33. The lowest BCUT2D eigenvalue weighted by atomic mass is 10.1. The van der Waals surface area contributed by atoms with Gasteiger partial charge in [-0.2, -0.15) is 0 Å². The summed E-state index contributed by atoms with van der Waals surface area (Å²) in [7, 11) is 0. The van der Waals surface area contributed by atoms with Gasteiger partial charge in [-0.3, -0.25) is 4.79 Å². The Bertz CT molecular complexity index is 702. The lowest BCUT2D eigenvalue weighted by Gasteiger charge is -2.21. The van der Waals surface area contributed by atoms with Crippen LogP contribution in [0.4, 0.5) is 5.82 Å². The van der Waals surface area contributed by atoms with Gasteiger partial charge in [0.1, 0.15) is 5.82 Å². The van der Waals surface area contributed by atoms with Crippen molar-refractivity contribution < 1.29 is 14.7 Å². The van der Waals surface area contributed by atoms with Crippen molar-refractivity contribution in [2.24, 2.45) is 0 Å². The second-order valence-corrected chi connectivity index (χ2v) is 5.64. The fraction of sp³-hybridized carbons (Fsp3) is 0.316. The first-order chi connectivity index (χ1) is 12.1. The van der Waals surface area contributed by atoms with Gasteiger partial charge in [0.2, 0.25) is 0 Å². The van der Waals surface area contributed by atoms with E-state index in [-0.39, 0.29) is 0 Å². The quantitative estimate of drug-likeness (QED) is 0.771. The SMILES string of the molecule is CCCN(CC)c1ccc(C(=O)N[C@@H](C(=O)O)c2ccccc2)cn1. The van der Waals surface area contributed by atoms with E-state index in [2.05, 4.69) is 29.0 Å². The van der Waals surface area contributed by atoms with E-state index < -0.39 is 17.9 Å². The number of carboxylic acids is 1. The molecule has 1 atom stereocenters. The molecule has 0 bridgehead atoms. The molecule has 0 aliphatic heterocycles. The molecule has 0 saturated heterocycles. The summed E-state index contributed by atoms with van der Waals surface area (Å²) in [6.07, 6.45) is 2.49. The van der Waals surface area contributed by atoms with Crippen molar-refractivity contribution in [3.05, 3.63) is 59.8 Å². The number of hydrogen-bond donors (Lipinski definition) is 2. The molecule has 0 saturated carbocycles. The van der Waals surface area contributed by atoms with Crippen LogP contribution < -0.4 is 10.2 Å². The number of aromatic nitrogens is 1. The van der Waals surface area contributed by atoms with Crippen LogP contribution in [0.2, 0.25) is 0 Å². The minimum Gasteiger partial charge on any atom is -0.479 e. The Labute approximate surface area is 147 Å². The summed E-state index contributed by atoms with van der Waals surface area (Å²) in [6, 6.07) is 11.0. The summed E-state index contributed by atoms with van der Waals surface area (Å²) >= 11 is 0. The van der Waals surface area contributed by atoms with Crippen molar-refractivity contribution in [2.45, 2.75) is 26.3 Å². The van der Waals surface area contributed by atoms with Crippen molar-refractivity contribution in [3.63, 3.8) is 0 Å². The maximum Gasteiger partial charge on any atom is 0.330 e. The third kappa shape index (κ3) is 4.79. The number of carbonyl (C=O) groups excluding carboxylic acids is 1. The van der Waals surface area contributed by atoms with Crippen LogP contribution in [-0.4, -0.2) is 35.1 Å². The molecule has 0 fully saturated rings. The maximum absolute atomic E-state index is 12.4. The summed E-state index contributed by atoms with van der Waals surface area (Å²) in [4.78, 5) is 30.3. The predicted octanol–water partition coefficient (Wildman–Crippen LogP) is 2.87. The number of nitrogens with one attached hydrogen (secondary N) is 1. The molecule has 2 aromatic rings. The largest absolute Gasteiger partial charge is 0.479 e. The van der Waals surface area contributed by atoms with Crippen LogP contribution in [-0.2, 0) is 4.79 Å². The number of anilines is 1. The Morgan fingerprint density at radius 1 is 1.16 bits per heavy atom. The third-order valence-corrected chi connectivity index (χ3v) is 3.86. The Balaban J connectivity index is 2.13. The third-order valence-electron chi connectivity index (χ3n) is 3.86. The summed E-state index contributed by atoms with van der Waals surface area (Å²) < 4.78 is 0. The van der Waals surface area contributed by atoms with Gasteiger partial charge >= 0.3 is 5.97 Å². The van der Waals surface area contributed by atoms with Gasteiger partial charge < -0.3 is 15.3 Å². The topological polar surface area (TPSA) is 82.5 Å². The number of hydrogen-bond acceptors (Lipinski definition) is 4. The van der Waals surface area contributed by atoms with Gasteiger partial charge in [-0.15, -0.1) is 0 Å². The molecule has 1 heterocycles. The number of pyridine rings is 1. The number of nitrogens with zero attached hydrogens (tertiary/aromatic N) is 2. The molecule has 1 aromatic heterocycles. The van der Waals surface area contributed by atoms with Crippen LogP contribution in [0.25, 0.3) is 0 Å². The molecule has 25 heavy (non-hydrogen) atoms. The van der Waals surface area contributed by atoms with Gasteiger partial charge in [0.25, 0.3) is 5.91 Å². The molecule has 0 aliphatic carbocycles. The molecular formula is C19H23N3O3. The van der Waals surface area contributed by atoms with Crippen molar-refractivity contribution in [1.29, 1.82) is 0 Å². The standard InChI is InChI=1S/C19H23N3O3/c1-3-12-22(4-2)16-11-10-15(13-20-16)18(23)21-17(19(24)25)14-8-6-5-7-9-14/h5-11,13,17H,3-4,12H2,1-2H3,(H,21,23)(H,24,25)/t17-/m1/s1. The van der Waals surface area contributed by atoms with E-state index >= 15 is 0 Å².